The molecule has 2 N–H and O–H groups in total. The smallest absolute Gasteiger partial charge is 0.220 e. The van der Waals surface area contributed by atoms with Crippen LogP contribution < -0.4 is 10.6 Å². The number of nitrogens with zero attached hydrogens (tertiary/aromatic N) is 1. The number of hydrogen-bond acceptors (Lipinski definition) is 3. The van der Waals surface area contributed by atoms with Gasteiger partial charge in [0.1, 0.15) is 0 Å². The summed E-state index contributed by atoms with van der Waals surface area (Å²) in [7, 11) is 2.26. The standard InChI is InChI=1S/C15H27N3O.2ClH/c1-18-13-3-2-4-14(18)9-12(8-13)17-15(19)7-11-5-6-16-10-11;;/h11-14,16H,2-10H2,1H3,(H,17,19);2*1H. The lowest BCUT2D eigenvalue weighted by Gasteiger charge is -2.47. The summed E-state index contributed by atoms with van der Waals surface area (Å²) in [5, 5.41) is 6.63. The third-order valence-electron chi connectivity index (χ3n) is 5.34. The molecule has 21 heavy (non-hydrogen) atoms. The van der Waals surface area contributed by atoms with Gasteiger partial charge in [-0.2, -0.15) is 0 Å². The molecule has 0 aromatic heterocycles. The van der Waals surface area contributed by atoms with E-state index in [9.17, 15) is 4.79 Å². The third kappa shape index (κ3) is 4.72. The summed E-state index contributed by atoms with van der Waals surface area (Å²) >= 11 is 0. The lowest BCUT2D eigenvalue weighted by atomic mass is 9.82. The van der Waals surface area contributed by atoms with Crippen molar-refractivity contribution in [3.8, 4) is 0 Å². The third-order valence-corrected chi connectivity index (χ3v) is 5.34. The Balaban J connectivity index is 0.00000110. The van der Waals surface area contributed by atoms with Crippen LogP contribution in [0.3, 0.4) is 0 Å². The normalized spacial score (nSPS) is 35.5. The molecule has 0 radical (unpaired) electrons. The number of piperidine rings is 2. The predicted octanol–water partition coefficient (Wildman–Crippen LogP) is 1.96. The van der Waals surface area contributed by atoms with E-state index in [-0.39, 0.29) is 30.7 Å². The minimum Gasteiger partial charge on any atom is -0.353 e. The summed E-state index contributed by atoms with van der Waals surface area (Å²) in [5.41, 5.74) is 0. The van der Waals surface area contributed by atoms with Gasteiger partial charge in [0.05, 0.1) is 0 Å². The van der Waals surface area contributed by atoms with E-state index in [1.165, 1.54) is 19.3 Å². The largest absolute Gasteiger partial charge is 0.353 e. The van der Waals surface area contributed by atoms with Crippen molar-refractivity contribution in [2.45, 2.75) is 63.1 Å². The maximum atomic E-state index is 12.1. The first-order valence-electron chi connectivity index (χ1n) is 7.94. The Morgan fingerprint density at radius 1 is 1.19 bits per heavy atom. The number of rotatable bonds is 3. The molecule has 3 unspecified atom stereocenters. The minimum atomic E-state index is 0. The van der Waals surface area contributed by atoms with Crippen molar-refractivity contribution in [1.29, 1.82) is 0 Å². The number of carbonyl (C=O) groups is 1. The van der Waals surface area contributed by atoms with Crippen molar-refractivity contribution in [2.75, 3.05) is 20.1 Å². The van der Waals surface area contributed by atoms with Gasteiger partial charge in [0.25, 0.3) is 0 Å². The van der Waals surface area contributed by atoms with Crippen LogP contribution in [-0.4, -0.2) is 49.1 Å². The lowest BCUT2D eigenvalue weighted by Crippen LogP contribution is -2.55. The fraction of sp³-hybridized carbons (Fsp3) is 0.933. The summed E-state index contributed by atoms with van der Waals surface area (Å²) in [6.07, 6.45) is 8.18. The molecule has 3 atom stereocenters. The van der Waals surface area contributed by atoms with Crippen LogP contribution in [0.25, 0.3) is 0 Å². The Morgan fingerprint density at radius 3 is 2.43 bits per heavy atom. The second kappa shape index (κ2) is 8.56. The molecule has 0 aromatic carbocycles. The summed E-state index contributed by atoms with van der Waals surface area (Å²) in [4.78, 5) is 14.7. The van der Waals surface area contributed by atoms with E-state index >= 15 is 0 Å². The number of nitrogens with one attached hydrogen (secondary N) is 2. The van der Waals surface area contributed by atoms with Gasteiger partial charge >= 0.3 is 0 Å². The maximum Gasteiger partial charge on any atom is 0.220 e. The van der Waals surface area contributed by atoms with E-state index in [2.05, 4.69) is 22.6 Å². The molecule has 0 aromatic rings. The van der Waals surface area contributed by atoms with Gasteiger partial charge in [-0.1, -0.05) is 6.42 Å². The first-order chi connectivity index (χ1) is 9.22. The molecule has 3 rings (SSSR count). The zero-order valence-electron chi connectivity index (χ0n) is 12.8. The zero-order chi connectivity index (χ0) is 13.2. The Labute approximate surface area is 140 Å². The zero-order valence-corrected chi connectivity index (χ0v) is 14.5. The van der Waals surface area contributed by atoms with Crippen molar-refractivity contribution < 1.29 is 4.79 Å². The van der Waals surface area contributed by atoms with Crippen LogP contribution in [0.15, 0.2) is 0 Å². The van der Waals surface area contributed by atoms with E-state index < -0.39 is 0 Å². The van der Waals surface area contributed by atoms with Crippen molar-refractivity contribution in [1.82, 2.24) is 15.5 Å². The minimum absolute atomic E-state index is 0. The van der Waals surface area contributed by atoms with Gasteiger partial charge in [-0.15, -0.1) is 24.8 Å². The molecule has 6 heteroatoms. The van der Waals surface area contributed by atoms with Gasteiger partial charge < -0.3 is 15.5 Å². The topological polar surface area (TPSA) is 44.4 Å². The molecule has 2 bridgehead atoms. The van der Waals surface area contributed by atoms with E-state index in [1.807, 2.05) is 0 Å². The molecule has 3 heterocycles. The molecule has 0 spiro atoms. The van der Waals surface area contributed by atoms with E-state index in [4.69, 9.17) is 0 Å². The number of hydrogen-bond donors (Lipinski definition) is 2. The average molecular weight is 338 g/mol. The summed E-state index contributed by atoms with van der Waals surface area (Å²) in [6.45, 7) is 2.10. The van der Waals surface area contributed by atoms with Gasteiger partial charge in [0, 0.05) is 24.5 Å². The molecule has 3 aliphatic heterocycles. The van der Waals surface area contributed by atoms with Crippen molar-refractivity contribution in [2.24, 2.45) is 5.92 Å². The molecule has 4 nitrogen and oxygen atoms in total. The molecular weight excluding hydrogens is 309 g/mol. The Hall–Kier alpha value is -0.0300. The molecule has 0 saturated carbocycles. The Morgan fingerprint density at radius 2 is 1.86 bits per heavy atom. The number of halogens is 2. The van der Waals surface area contributed by atoms with Crippen molar-refractivity contribution >= 4 is 30.7 Å². The first kappa shape index (κ1) is 19.0. The first-order valence-corrected chi connectivity index (χ1v) is 7.94. The van der Waals surface area contributed by atoms with Gasteiger partial charge in [-0.05, 0) is 58.2 Å². The number of amides is 1. The maximum absolute atomic E-state index is 12.1. The molecule has 3 saturated heterocycles. The highest BCUT2D eigenvalue weighted by Gasteiger charge is 2.36. The number of carbonyl (C=O) groups excluding carboxylic acids is 1. The molecule has 1 amide bonds. The highest BCUT2D eigenvalue weighted by Crippen LogP contribution is 2.32. The number of fused-ring (bicyclic) bond motifs is 2. The van der Waals surface area contributed by atoms with E-state index in [1.54, 1.807) is 0 Å². The highest BCUT2D eigenvalue weighted by atomic mass is 35.5. The quantitative estimate of drug-likeness (QED) is 0.827. The van der Waals surface area contributed by atoms with Gasteiger partial charge in [-0.3, -0.25) is 4.79 Å². The predicted molar refractivity (Wildman–Crippen MR) is 90.4 cm³/mol. The van der Waals surface area contributed by atoms with Crippen LogP contribution in [0, 0.1) is 5.92 Å². The van der Waals surface area contributed by atoms with Crippen LogP contribution >= 0.6 is 24.8 Å². The monoisotopic (exact) mass is 337 g/mol. The summed E-state index contributed by atoms with van der Waals surface area (Å²) in [6, 6.07) is 1.82. The molecule has 3 aliphatic rings. The average Bonchev–Trinajstić information content (AvgIpc) is 2.83. The lowest BCUT2D eigenvalue weighted by molar-refractivity contribution is -0.123. The SMILES string of the molecule is CN1C2CCCC1CC(NC(=O)CC1CCNC1)C2.Cl.Cl. The van der Waals surface area contributed by atoms with Crippen molar-refractivity contribution in [3.63, 3.8) is 0 Å². The van der Waals surface area contributed by atoms with E-state index in [0.717, 1.165) is 32.4 Å². The molecule has 3 fully saturated rings. The summed E-state index contributed by atoms with van der Waals surface area (Å²) < 4.78 is 0. The van der Waals surface area contributed by atoms with Crippen molar-refractivity contribution in [3.05, 3.63) is 0 Å². The molecular formula is C15H29Cl2N3O. The van der Waals surface area contributed by atoms with Crippen LogP contribution in [0.4, 0.5) is 0 Å². The van der Waals surface area contributed by atoms with Crippen LogP contribution in [-0.2, 0) is 4.79 Å². The molecule has 124 valence electrons. The molecule has 0 aliphatic carbocycles. The van der Waals surface area contributed by atoms with E-state index in [0.29, 0.717) is 30.5 Å². The fourth-order valence-electron chi connectivity index (χ4n) is 4.17. The van der Waals surface area contributed by atoms with Gasteiger partial charge in [0.15, 0.2) is 0 Å². The Kier molecular flexibility index (Phi) is 7.75. The Bertz CT molecular complexity index is 323. The van der Waals surface area contributed by atoms with Crippen LogP contribution in [0.5, 0.6) is 0 Å². The fourth-order valence-corrected chi connectivity index (χ4v) is 4.17. The van der Waals surface area contributed by atoms with Crippen LogP contribution in [0.1, 0.15) is 44.9 Å². The van der Waals surface area contributed by atoms with Gasteiger partial charge in [-0.25, -0.2) is 0 Å². The second-order valence-electron chi connectivity index (χ2n) is 6.70. The van der Waals surface area contributed by atoms with Crippen LogP contribution in [0.2, 0.25) is 0 Å². The van der Waals surface area contributed by atoms with Gasteiger partial charge in [0.2, 0.25) is 5.91 Å². The summed E-state index contributed by atoms with van der Waals surface area (Å²) in [5.74, 6) is 0.840. The second-order valence-corrected chi connectivity index (χ2v) is 6.70. The highest BCUT2D eigenvalue weighted by molar-refractivity contribution is 5.85.